The van der Waals surface area contributed by atoms with E-state index in [4.69, 9.17) is 0 Å². The molecule has 1 amide bonds. The van der Waals surface area contributed by atoms with Crippen LogP contribution in [0.2, 0.25) is 0 Å². The zero-order valence-electron chi connectivity index (χ0n) is 15.8. The van der Waals surface area contributed by atoms with Gasteiger partial charge in [-0.05, 0) is 49.9 Å². The van der Waals surface area contributed by atoms with Gasteiger partial charge in [-0.3, -0.25) is 4.79 Å². The highest BCUT2D eigenvalue weighted by Crippen LogP contribution is 2.27. The second-order valence-corrected chi connectivity index (χ2v) is 6.51. The number of rotatable bonds is 5. The molecule has 0 unspecified atom stereocenters. The summed E-state index contributed by atoms with van der Waals surface area (Å²) in [6.07, 6.45) is -3.26. The number of nitrogens with zero attached hydrogens (tertiary/aromatic N) is 4. The van der Waals surface area contributed by atoms with E-state index in [9.17, 15) is 18.0 Å². The normalized spacial score (nSPS) is 11.8. The minimum atomic E-state index is -4.64. The van der Waals surface area contributed by atoms with E-state index in [0.29, 0.717) is 23.4 Å². The van der Waals surface area contributed by atoms with Gasteiger partial charge in [0.1, 0.15) is 0 Å². The number of amides is 1. The number of fused-ring (bicyclic) bond motifs is 1. The first-order valence-corrected chi connectivity index (χ1v) is 8.88. The molecule has 0 radical (unpaired) electrons. The lowest BCUT2D eigenvalue weighted by Crippen LogP contribution is -2.14. The van der Waals surface area contributed by atoms with E-state index in [1.165, 1.54) is 0 Å². The molecule has 0 aliphatic rings. The number of anilines is 1. The highest BCUT2D eigenvalue weighted by atomic mass is 19.4. The lowest BCUT2D eigenvalue weighted by molar-refractivity contribution is -0.144. The fraction of sp³-hybridized carbons (Fsp3) is 0.368. The molecule has 0 spiro atoms. The van der Waals surface area contributed by atoms with E-state index >= 15 is 0 Å². The molecular weight excluding hydrogens is 371 g/mol. The van der Waals surface area contributed by atoms with Gasteiger partial charge < -0.3 is 5.32 Å². The number of benzene rings is 1. The van der Waals surface area contributed by atoms with Crippen molar-refractivity contribution in [3.05, 3.63) is 52.6 Å². The third-order valence-corrected chi connectivity index (χ3v) is 4.52. The Labute approximate surface area is 159 Å². The number of aromatic nitrogens is 4. The summed E-state index contributed by atoms with van der Waals surface area (Å²) in [5.41, 5.74) is 3.55. The van der Waals surface area contributed by atoms with E-state index in [0.717, 1.165) is 22.2 Å². The van der Waals surface area contributed by atoms with Crippen LogP contribution in [0.3, 0.4) is 0 Å². The monoisotopic (exact) mass is 391 g/mol. The van der Waals surface area contributed by atoms with Gasteiger partial charge in [-0.2, -0.15) is 18.2 Å². The SMILES string of the molecule is CCc1cccc(NC(=O)CCc2c(C)nc3nc(C(F)(F)F)nn3c2C)c1. The van der Waals surface area contributed by atoms with Gasteiger partial charge in [-0.15, -0.1) is 5.10 Å². The van der Waals surface area contributed by atoms with E-state index in [2.05, 4.69) is 20.4 Å². The molecule has 0 aliphatic carbocycles. The summed E-state index contributed by atoms with van der Waals surface area (Å²) in [4.78, 5) is 19.9. The van der Waals surface area contributed by atoms with Crippen LogP contribution in [0.1, 0.15) is 41.7 Å². The Hall–Kier alpha value is -2.97. The summed E-state index contributed by atoms with van der Waals surface area (Å²) in [7, 11) is 0. The topological polar surface area (TPSA) is 72.2 Å². The largest absolute Gasteiger partial charge is 0.453 e. The Kier molecular flexibility index (Phi) is 5.35. The number of hydrogen-bond acceptors (Lipinski definition) is 4. The zero-order valence-corrected chi connectivity index (χ0v) is 15.8. The first kappa shape index (κ1) is 19.8. The second kappa shape index (κ2) is 7.57. The number of nitrogens with one attached hydrogen (secondary N) is 1. The van der Waals surface area contributed by atoms with Crippen LogP contribution in [-0.4, -0.2) is 25.5 Å². The van der Waals surface area contributed by atoms with Crippen LogP contribution in [-0.2, 0) is 23.8 Å². The number of hydrogen-bond donors (Lipinski definition) is 1. The van der Waals surface area contributed by atoms with Crippen LogP contribution >= 0.6 is 0 Å². The van der Waals surface area contributed by atoms with Gasteiger partial charge in [0, 0.05) is 23.5 Å². The quantitative estimate of drug-likeness (QED) is 0.716. The van der Waals surface area contributed by atoms with E-state index in [1.54, 1.807) is 13.8 Å². The van der Waals surface area contributed by atoms with Crippen molar-refractivity contribution in [1.29, 1.82) is 0 Å². The third-order valence-electron chi connectivity index (χ3n) is 4.52. The molecule has 3 rings (SSSR count). The van der Waals surface area contributed by atoms with Gasteiger partial charge in [0.15, 0.2) is 0 Å². The maximum absolute atomic E-state index is 12.9. The molecule has 0 fully saturated rings. The van der Waals surface area contributed by atoms with Crippen molar-refractivity contribution in [3.63, 3.8) is 0 Å². The van der Waals surface area contributed by atoms with Crippen molar-refractivity contribution >= 4 is 17.4 Å². The summed E-state index contributed by atoms with van der Waals surface area (Å²) in [5.74, 6) is -1.51. The number of aryl methyl sites for hydroxylation is 3. The summed E-state index contributed by atoms with van der Waals surface area (Å²) in [6, 6.07) is 7.59. The fourth-order valence-electron chi connectivity index (χ4n) is 3.02. The first-order chi connectivity index (χ1) is 13.2. The molecule has 6 nitrogen and oxygen atoms in total. The van der Waals surface area contributed by atoms with Crippen LogP contribution in [0.4, 0.5) is 18.9 Å². The van der Waals surface area contributed by atoms with Crippen molar-refractivity contribution in [2.24, 2.45) is 0 Å². The summed E-state index contributed by atoms with van der Waals surface area (Å²) in [5, 5.41) is 6.36. The van der Waals surface area contributed by atoms with Gasteiger partial charge >= 0.3 is 6.18 Å². The van der Waals surface area contributed by atoms with Crippen molar-refractivity contribution in [3.8, 4) is 0 Å². The average Bonchev–Trinajstić information content (AvgIpc) is 3.06. The predicted molar refractivity (Wildman–Crippen MR) is 98.0 cm³/mol. The molecule has 28 heavy (non-hydrogen) atoms. The van der Waals surface area contributed by atoms with Crippen molar-refractivity contribution in [2.75, 3.05) is 5.32 Å². The lowest BCUT2D eigenvalue weighted by atomic mass is 10.1. The number of carbonyl (C=O) groups excluding carboxylic acids is 1. The van der Waals surface area contributed by atoms with Gasteiger partial charge in [0.25, 0.3) is 11.6 Å². The molecule has 148 valence electrons. The molecule has 1 aromatic carbocycles. The summed E-state index contributed by atoms with van der Waals surface area (Å²) >= 11 is 0. The molecule has 0 aliphatic heterocycles. The third kappa shape index (κ3) is 4.13. The molecule has 2 aromatic heterocycles. The summed E-state index contributed by atoms with van der Waals surface area (Å²) in [6.45, 7) is 5.37. The molecule has 0 bridgehead atoms. The summed E-state index contributed by atoms with van der Waals surface area (Å²) < 4.78 is 39.6. The maximum Gasteiger partial charge on any atom is 0.453 e. The van der Waals surface area contributed by atoms with Crippen molar-refractivity contribution in [2.45, 2.75) is 46.2 Å². The minimum absolute atomic E-state index is 0.105. The Balaban J connectivity index is 1.77. The van der Waals surface area contributed by atoms with Gasteiger partial charge in [-0.1, -0.05) is 19.1 Å². The molecule has 0 atom stereocenters. The van der Waals surface area contributed by atoms with E-state index in [1.807, 2.05) is 31.2 Å². The molecule has 3 aromatic rings. The van der Waals surface area contributed by atoms with E-state index in [-0.39, 0.29) is 18.1 Å². The number of halogens is 3. The van der Waals surface area contributed by atoms with Crippen LogP contribution in [0, 0.1) is 13.8 Å². The molecule has 0 saturated heterocycles. The molecular formula is C19H20F3N5O. The standard InChI is InChI=1S/C19H20F3N5O/c1-4-13-6-5-7-14(10-13)24-16(28)9-8-15-11(2)23-18-25-17(19(20,21)22)26-27(18)12(15)3/h5-7,10H,4,8-9H2,1-3H3,(H,24,28). The minimum Gasteiger partial charge on any atom is -0.326 e. The molecule has 2 heterocycles. The smallest absolute Gasteiger partial charge is 0.326 e. The zero-order chi connectivity index (χ0) is 20.5. The lowest BCUT2D eigenvalue weighted by Gasteiger charge is -2.11. The van der Waals surface area contributed by atoms with Crippen LogP contribution in [0.25, 0.3) is 5.78 Å². The Morgan fingerprint density at radius 2 is 1.96 bits per heavy atom. The van der Waals surface area contributed by atoms with Gasteiger partial charge in [0.2, 0.25) is 5.91 Å². The van der Waals surface area contributed by atoms with Gasteiger partial charge in [-0.25, -0.2) is 9.50 Å². The van der Waals surface area contributed by atoms with E-state index < -0.39 is 12.0 Å². The van der Waals surface area contributed by atoms with Crippen molar-refractivity contribution < 1.29 is 18.0 Å². The van der Waals surface area contributed by atoms with Crippen LogP contribution in [0.5, 0.6) is 0 Å². The Morgan fingerprint density at radius 3 is 2.64 bits per heavy atom. The first-order valence-electron chi connectivity index (χ1n) is 8.88. The molecule has 1 N–H and O–H groups in total. The van der Waals surface area contributed by atoms with Crippen LogP contribution < -0.4 is 5.32 Å². The maximum atomic E-state index is 12.9. The highest BCUT2D eigenvalue weighted by Gasteiger charge is 2.36. The fourth-order valence-corrected chi connectivity index (χ4v) is 3.02. The number of alkyl halides is 3. The highest BCUT2D eigenvalue weighted by molar-refractivity contribution is 5.90. The van der Waals surface area contributed by atoms with Crippen LogP contribution in [0.15, 0.2) is 24.3 Å². The Morgan fingerprint density at radius 1 is 1.21 bits per heavy atom. The van der Waals surface area contributed by atoms with Gasteiger partial charge in [0.05, 0.1) is 0 Å². The number of carbonyl (C=O) groups is 1. The molecule has 0 saturated carbocycles. The molecule has 9 heteroatoms. The average molecular weight is 391 g/mol. The second-order valence-electron chi connectivity index (χ2n) is 6.51. The Bertz CT molecular complexity index is 1030. The van der Waals surface area contributed by atoms with Crippen molar-refractivity contribution in [1.82, 2.24) is 19.6 Å². The predicted octanol–water partition coefficient (Wildman–Crippen LogP) is 3.89.